The van der Waals surface area contributed by atoms with E-state index in [2.05, 4.69) is 73.9 Å². The average Bonchev–Trinajstić information content (AvgIpc) is 3.37. The van der Waals surface area contributed by atoms with Crippen molar-refractivity contribution >= 4 is 29.5 Å². The molecule has 5 fully saturated rings. The fraction of sp³-hybridized carbons (Fsp3) is 0.971. The van der Waals surface area contributed by atoms with Crippen molar-refractivity contribution in [2.75, 3.05) is 0 Å². The molecule has 8 heteroatoms. The predicted molar refractivity (Wildman–Crippen MR) is 177 cm³/mol. The quantitative estimate of drug-likeness (QED) is 0.243. The van der Waals surface area contributed by atoms with E-state index >= 15 is 0 Å². The highest BCUT2D eigenvalue weighted by Crippen LogP contribution is 2.68. The highest BCUT2D eigenvalue weighted by Gasteiger charge is 2.65. The zero-order chi connectivity index (χ0) is 31.0. The van der Waals surface area contributed by atoms with Crippen molar-refractivity contribution in [3.8, 4) is 0 Å². The highest BCUT2D eigenvalue weighted by molar-refractivity contribution is 6.70. The SMILES string of the molecule is CB1O[C@H]2C[C@@H]3C(=O)CC4C5CC[C@H]([C@H](C)[C@@H](O[Si](C)(C)C)[C@@H](CC(C)C)O[Si](C)(C)C)[C@@]5(C)CCC4[C@@]3(C)C[C@H]2O1. The summed E-state index contributed by atoms with van der Waals surface area (Å²) in [6.45, 7) is 28.3. The third kappa shape index (κ3) is 6.34. The lowest BCUT2D eigenvalue weighted by Gasteiger charge is -2.61. The third-order valence-corrected chi connectivity index (χ3v) is 14.4. The van der Waals surface area contributed by atoms with Crippen molar-refractivity contribution in [1.82, 2.24) is 0 Å². The van der Waals surface area contributed by atoms with E-state index in [9.17, 15) is 4.79 Å². The predicted octanol–water partition coefficient (Wildman–Crippen LogP) is 8.46. The molecule has 5 rings (SSSR count). The van der Waals surface area contributed by atoms with Crippen LogP contribution in [0.4, 0.5) is 0 Å². The zero-order valence-electron chi connectivity index (χ0n) is 29.1. The molecule has 4 saturated carbocycles. The summed E-state index contributed by atoms with van der Waals surface area (Å²) in [6, 6.07) is 0. The van der Waals surface area contributed by atoms with Crippen LogP contribution < -0.4 is 0 Å². The van der Waals surface area contributed by atoms with Crippen LogP contribution in [0.5, 0.6) is 0 Å². The van der Waals surface area contributed by atoms with E-state index in [-0.39, 0.29) is 48.3 Å². The van der Waals surface area contributed by atoms with Gasteiger partial charge in [0.1, 0.15) is 5.78 Å². The molecule has 0 bridgehead atoms. The van der Waals surface area contributed by atoms with Gasteiger partial charge < -0.3 is 18.2 Å². The van der Waals surface area contributed by atoms with Gasteiger partial charge in [0.25, 0.3) is 0 Å². The first-order chi connectivity index (χ1) is 19.3. The summed E-state index contributed by atoms with van der Waals surface area (Å²) in [4.78, 5) is 13.9. The second-order valence-electron chi connectivity index (χ2n) is 18.1. The number of hydrogen-bond donors (Lipinski definition) is 0. The fourth-order valence-electron chi connectivity index (χ4n) is 11.1. The molecule has 5 nitrogen and oxygen atoms in total. The molecule has 4 aliphatic carbocycles. The molecular weight excluding hydrogens is 555 g/mol. The Morgan fingerprint density at radius 1 is 0.905 bits per heavy atom. The summed E-state index contributed by atoms with van der Waals surface area (Å²) in [6.07, 6.45) is 9.26. The van der Waals surface area contributed by atoms with E-state index in [1.54, 1.807) is 0 Å². The normalized spacial score (nSPS) is 42.5. The van der Waals surface area contributed by atoms with Crippen molar-refractivity contribution in [2.45, 2.75) is 157 Å². The van der Waals surface area contributed by atoms with Crippen LogP contribution in [0, 0.1) is 52.3 Å². The lowest BCUT2D eigenvalue weighted by molar-refractivity contribution is -0.164. The zero-order valence-corrected chi connectivity index (χ0v) is 31.1. The van der Waals surface area contributed by atoms with Gasteiger partial charge in [0, 0.05) is 12.3 Å². The Bertz CT molecular complexity index is 995. The van der Waals surface area contributed by atoms with Crippen LogP contribution in [0.25, 0.3) is 0 Å². The maximum atomic E-state index is 13.9. The minimum absolute atomic E-state index is 0.0383. The van der Waals surface area contributed by atoms with Gasteiger partial charge in [0.05, 0.1) is 24.4 Å². The fourth-order valence-corrected chi connectivity index (χ4v) is 13.4. The maximum absolute atomic E-state index is 13.9. The smallest absolute Gasteiger partial charge is 0.412 e. The molecule has 5 aliphatic rings. The number of ketones is 1. The Kier molecular flexibility index (Phi) is 9.27. The molecule has 0 aromatic rings. The molecule has 240 valence electrons. The van der Waals surface area contributed by atoms with E-state index in [4.69, 9.17) is 18.2 Å². The molecule has 0 aromatic carbocycles. The van der Waals surface area contributed by atoms with Crippen LogP contribution in [0.3, 0.4) is 0 Å². The van der Waals surface area contributed by atoms with E-state index < -0.39 is 16.6 Å². The molecule has 1 saturated heterocycles. The first-order valence-electron chi connectivity index (χ1n) is 17.5. The Labute approximate surface area is 260 Å². The van der Waals surface area contributed by atoms with Crippen molar-refractivity contribution in [2.24, 2.45) is 52.3 Å². The number of hydrogen-bond acceptors (Lipinski definition) is 5. The Hall–Kier alpha value is 0.00870. The van der Waals surface area contributed by atoms with Gasteiger partial charge in [-0.05, 0) is 137 Å². The van der Waals surface area contributed by atoms with E-state index in [0.29, 0.717) is 41.3 Å². The first kappa shape index (κ1) is 33.4. The Balaban J connectivity index is 1.41. The number of carbonyl (C=O) groups excluding carboxylic acids is 1. The van der Waals surface area contributed by atoms with Gasteiger partial charge in [-0.2, -0.15) is 0 Å². The lowest BCUT2D eigenvalue weighted by Crippen LogP contribution is -2.59. The van der Waals surface area contributed by atoms with Crippen LogP contribution in [-0.4, -0.2) is 54.0 Å². The van der Waals surface area contributed by atoms with E-state index in [1.165, 1.54) is 25.7 Å². The van der Waals surface area contributed by atoms with Gasteiger partial charge in [-0.3, -0.25) is 4.79 Å². The molecule has 1 heterocycles. The summed E-state index contributed by atoms with van der Waals surface area (Å²) < 4.78 is 26.5. The summed E-state index contributed by atoms with van der Waals surface area (Å²) in [7, 11) is -3.70. The number of Topliss-reactive ketones (excluding diaryl/α,β-unsaturated/α-hetero) is 1. The molecule has 0 N–H and O–H groups in total. The van der Waals surface area contributed by atoms with Gasteiger partial charge in [0.2, 0.25) is 0 Å². The highest BCUT2D eigenvalue weighted by atomic mass is 28.4. The molecule has 0 spiro atoms. The molecule has 0 aromatic heterocycles. The second kappa shape index (κ2) is 11.7. The first-order valence-corrected chi connectivity index (χ1v) is 24.3. The van der Waals surface area contributed by atoms with E-state index in [0.717, 1.165) is 25.7 Å². The maximum Gasteiger partial charge on any atom is 0.454 e. The van der Waals surface area contributed by atoms with Crippen LogP contribution in [-0.2, 0) is 23.0 Å². The minimum Gasteiger partial charge on any atom is -0.412 e. The minimum atomic E-state index is -1.80. The molecular formula is C34H63BO5Si2. The number of carbonyl (C=O) groups is 1. The molecule has 3 unspecified atom stereocenters. The largest absolute Gasteiger partial charge is 0.454 e. The second-order valence-corrected chi connectivity index (χ2v) is 27.1. The average molecular weight is 619 g/mol. The van der Waals surface area contributed by atoms with Crippen LogP contribution in [0.1, 0.15) is 86.0 Å². The molecule has 0 radical (unpaired) electrons. The van der Waals surface area contributed by atoms with Crippen molar-refractivity contribution in [1.29, 1.82) is 0 Å². The van der Waals surface area contributed by atoms with Crippen molar-refractivity contribution in [3.05, 3.63) is 0 Å². The van der Waals surface area contributed by atoms with Gasteiger partial charge >= 0.3 is 7.12 Å². The molecule has 42 heavy (non-hydrogen) atoms. The van der Waals surface area contributed by atoms with E-state index in [1.807, 2.05) is 6.82 Å². The van der Waals surface area contributed by atoms with Gasteiger partial charge in [-0.15, -0.1) is 0 Å². The van der Waals surface area contributed by atoms with Gasteiger partial charge in [-0.25, -0.2) is 0 Å². The third-order valence-electron chi connectivity index (χ3n) is 12.5. The summed E-state index contributed by atoms with van der Waals surface area (Å²) >= 11 is 0. The lowest BCUT2D eigenvalue weighted by atomic mass is 9.44. The topological polar surface area (TPSA) is 54.0 Å². The van der Waals surface area contributed by atoms with Crippen LogP contribution in [0.15, 0.2) is 0 Å². The van der Waals surface area contributed by atoms with Crippen molar-refractivity contribution in [3.63, 3.8) is 0 Å². The molecule has 0 amide bonds. The van der Waals surface area contributed by atoms with Crippen LogP contribution in [0.2, 0.25) is 46.1 Å². The summed E-state index contributed by atoms with van der Waals surface area (Å²) in [5.41, 5.74) is 0.294. The number of fused-ring (bicyclic) bond motifs is 6. The monoisotopic (exact) mass is 618 g/mol. The van der Waals surface area contributed by atoms with Crippen molar-refractivity contribution < 1.29 is 23.0 Å². The van der Waals surface area contributed by atoms with Gasteiger partial charge in [-0.1, -0.05) is 34.6 Å². The Morgan fingerprint density at radius 2 is 1.52 bits per heavy atom. The number of rotatable bonds is 9. The summed E-state index contributed by atoms with van der Waals surface area (Å²) in [5, 5.41) is 0. The Morgan fingerprint density at radius 3 is 2.14 bits per heavy atom. The van der Waals surface area contributed by atoms with Gasteiger partial charge in [0.15, 0.2) is 16.6 Å². The summed E-state index contributed by atoms with van der Waals surface area (Å²) in [5.74, 6) is 4.01. The standard InChI is InChI=1S/C34H63BO5Si2/c1-21(2)17-30(39-41(7,8)9)32(40-42(10,11)12)22(3)24-13-14-25-23-18-28(36)27-19-29-31(38-35(6)37-29)20-34(27,5)26(23)15-16-33(24,25)4/h21-27,29-32H,13-20H2,1-12H3/t22-,23?,24+,25?,26?,27+,29-,30+,31+,32+,33+,34+/m0/s1. The molecule has 1 aliphatic heterocycles. The van der Waals surface area contributed by atoms with Crippen LogP contribution >= 0.6 is 0 Å². The molecule has 12 atom stereocenters.